The van der Waals surface area contributed by atoms with E-state index in [1.165, 1.54) is 13.8 Å². The minimum absolute atomic E-state index is 0.136. The number of hydrogen-bond acceptors (Lipinski definition) is 5. The van der Waals surface area contributed by atoms with Crippen molar-refractivity contribution >= 4 is 11.9 Å². The van der Waals surface area contributed by atoms with Crippen LogP contribution in [0.5, 0.6) is 5.75 Å². The standard InChI is InChI=1S/C37H39F6N3O5/c1-8-22-14-24(31-20(4)12-23(38)13-21(31)5)34(40)32(33(22)39)26(16-30(48)49)44-35(50)27(11-19(2)3)46-17-28(25(15-29(46)47)37(41,42)43)51-18-36(9-10-36)45(6)7/h1,12-15,17,19,26-27H,9-11,16,18H2,2-7H3,(H,44,50)(H,48,49)/t26-,27+/m1/s1. The summed E-state index contributed by atoms with van der Waals surface area (Å²) in [4.78, 5) is 41.1. The van der Waals surface area contributed by atoms with Gasteiger partial charge < -0.3 is 20.1 Å². The lowest BCUT2D eigenvalue weighted by Crippen LogP contribution is -2.41. The molecule has 0 saturated heterocycles. The number of hydrogen-bond donors (Lipinski definition) is 2. The lowest BCUT2D eigenvalue weighted by Gasteiger charge is -2.28. The molecular weight excluding hydrogens is 680 g/mol. The summed E-state index contributed by atoms with van der Waals surface area (Å²) in [6, 6.07) is 0.109. The molecule has 0 aliphatic heterocycles. The zero-order valence-electron chi connectivity index (χ0n) is 29.0. The van der Waals surface area contributed by atoms with Crippen molar-refractivity contribution in [3.8, 4) is 29.2 Å². The van der Waals surface area contributed by atoms with Crippen LogP contribution in [0.3, 0.4) is 0 Å². The van der Waals surface area contributed by atoms with Crippen molar-refractivity contribution in [1.29, 1.82) is 0 Å². The van der Waals surface area contributed by atoms with E-state index in [2.05, 4.69) is 11.2 Å². The first kappa shape index (κ1) is 39.0. The number of benzene rings is 2. The van der Waals surface area contributed by atoms with Crippen molar-refractivity contribution in [3.05, 3.63) is 86.1 Å². The lowest BCUT2D eigenvalue weighted by atomic mass is 9.89. The number of aryl methyl sites for hydroxylation is 2. The van der Waals surface area contributed by atoms with Gasteiger partial charge in [0.2, 0.25) is 5.91 Å². The summed E-state index contributed by atoms with van der Waals surface area (Å²) >= 11 is 0. The summed E-state index contributed by atoms with van der Waals surface area (Å²) in [5.74, 6) is -4.85. The van der Waals surface area contributed by atoms with E-state index in [0.29, 0.717) is 18.9 Å². The highest BCUT2D eigenvalue weighted by atomic mass is 19.4. The van der Waals surface area contributed by atoms with Crippen molar-refractivity contribution in [3.63, 3.8) is 0 Å². The Kier molecular flexibility index (Phi) is 11.4. The molecule has 4 rings (SSSR count). The molecule has 0 unspecified atom stereocenters. The molecule has 2 N–H and O–H groups in total. The van der Waals surface area contributed by atoms with Crippen LogP contribution >= 0.6 is 0 Å². The molecular formula is C37H39F6N3O5. The second-order valence-electron chi connectivity index (χ2n) is 13.6. The minimum Gasteiger partial charge on any atom is -0.489 e. The van der Waals surface area contributed by atoms with Crippen molar-refractivity contribution in [1.82, 2.24) is 14.8 Å². The number of halogens is 6. The third-order valence-corrected chi connectivity index (χ3v) is 9.16. The topological polar surface area (TPSA) is 101 Å². The Morgan fingerprint density at radius 2 is 1.69 bits per heavy atom. The van der Waals surface area contributed by atoms with Crippen molar-refractivity contribution in [2.24, 2.45) is 5.92 Å². The van der Waals surface area contributed by atoms with Crippen LogP contribution in [0.4, 0.5) is 26.3 Å². The lowest BCUT2D eigenvalue weighted by molar-refractivity contribution is -0.139. The van der Waals surface area contributed by atoms with Gasteiger partial charge in [0.15, 0.2) is 0 Å². The molecule has 1 heterocycles. The highest BCUT2D eigenvalue weighted by Crippen LogP contribution is 2.42. The number of carbonyl (C=O) groups is 2. The van der Waals surface area contributed by atoms with Gasteiger partial charge in [-0.15, -0.1) is 6.42 Å². The second-order valence-corrected chi connectivity index (χ2v) is 13.6. The maximum atomic E-state index is 16.5. The van der Waals surface area contributed by atoms with Gasteiger partial charge in [-0.2, -0.15) is 13.2 Å². The van der Waals surface area contributed by atoms with E-state index in [1.807, 2.05) is 4.90 Å². The fraction of sp³-hybridized carbons (Fsp3) is 0.432. The van der Waals surface area contributed by atoms with Crippen molar-refractivity contribution in [2.45, 2.75) is 77.2 Å². The monoisotopic (exact) mass is 719 g/mol. The minimum atomic E-state index is -4.99. The third kappa shape index (κ3) is 8.41. The maximum Gasteiger partial charge on any atom is 0.420 e. The largest absolute Gasteiger partial charge is 0.489 e. The third-order valence-electron chi connectivity index (χ3n) is 9.16. The first-order valence-corrected chi connectivity index (χ1v) is 16.1. The van der Waals surface area contributed by atoms with Gasteiger partial charge in [-0.05, 0) is 88.0 Å². The number of amides is 1. The van der Waals surface area contributed by atoms with Crippen LogP contribution in [0.2, 0.25) is 0 Å². The molecule has 1 aliphatic carbocycles. The number of ether oxygens (including phenoxy) is 1. The van der Waals surface area contributed by atoms with E-state index in [9.17, 15) is 37.1 Å². The van der Waals surface area contributed by atoms with Crippen LogP contribution < -0.4 is 15.6 Å². The highest BCUT2D eigenvalue weighted by molar-refractivity contribution is 5.82. The fourth-order valence-corrected chi connectivity index (χ4v) is 6.23. The molecule has 3 aromatic rings. The fourth-order valence-electron chi connectivity index (χ4n) is 6.23. The van der Waals surface area contributed by atoms with Gasteiger partial charge in [0.05, 0.1) is 29.8 Å². The van der Waals surface area contributed by atoms with Crippen LogP contribution in [-0.4, -0.2) is 52.7 Å². The number of terminal acetylenes is 1. The van der Waals surface area contributed by atoms with Crippen LogP contribution in [-0.2, 0) is 15.8 Å². The summed E-state index contributed by atoms with van der Waals surface area (Å²) in [6.45, 7) is 6.18. The number of nitrogens with one attached hydrogen (secondary N) is 1. The molecule has 8 nitrogen and oxygen atoms in total. The van der Waals surface area contributed by atoms with Crippen LogP contribution in [0.1, 0.15) is 79.4 Å². The quantitative estimate of drug-likeness (QED) is 0.147. The van der Waals surface area contributed by atoms with Gasteiger partial charge in [-0.1, -0.05) is 19.8 Å². The van der Waals surface area contributed by atoms with E-state index in [0.717, 1.165) is 29.0 Å². The molecule has 1 fully saturated rings. The molecule has 2 aromatic carbocycles. The van der Waals surface area contributed by atoms with Crippen molar-refractivity contribution < 1.29 is 45.8 Å². The number of alkyl halides is 3. The summed E-state index contributed by atoms with van der Waals surface area (Å²) in [7, 11) is 3.52. The molecule has 0 spiro atoms. The molecule has 1 aromatic heterocycles. The summed E-state index contributed by atoms with van der Waals surface area (Å²) in [5.41, 5.74) is -4.02. The van der Waals surface area contributed by atoms with Gasteiger partial charge in [-0.25, -0.2) is 13.2 Å². The zero-order chi connectivity index (χ0) is 38.2. The van der Waals surface area contributed by atoms with Gasteiger partial charge >= 0.3 is 12.1 Å². The number of pyridine rings is 1. The second kappa shape index (κ2) is 14.8. The van der Waals surface area contributed by atoms with Gasteiger partial charge in [-0.3, -0.25) is 19.0 Å². The first-order valence-electron chi connectivity index (χ1n) is 16.1. The normalized spacial score (nSPS) is 15.0. The maximum absolute atomic E-state index is 16.5. The molecule has 51 heavy (non-hydrogen) atoms. The molecule has 0 bridgehead atoms. The Balaban J connectivity index is 1.85. The average Bonchev–Trinajstić information content (AvgIpc) is 3.80. The van der Waals surface area contributed by atoms with Gasteiger partial charge in [0, 0.05) is 17.2 Å². The van der Waals surface area contributed by atoms with E-state index in [-0.39, 0.29) is 41.2 Å². The molecule has 0 radical (unpaired) electrons. The van der Waals surface area contributed by atoms with Gasteiger partial charge in [0.1, 0.15) is 41.4 Å². The Bertz CT molecular complexity index is 1920. The number of aliphatic carboxylic acids is 1. The van der Waals surface area contributed by atoms with E-state index in [4.69, 9.17) is 11.2 Å². The predicted octanol–water partition coefficient (Wildman–Crippen LogP) is 6.94. The van der Waals surface area contributed by atoms with Crippen LogP contribution in [0, 0.1) is 49.6 Å². The smallest absolute Gasteiger partial charge is 0.420 e. The highest BCUT2D eigenvalue weighted by Gasteiger charge is 2.46. The predicted molar refractivity (Wildman–Crippen MR) is 178 cm³/mol. The number of carboxylic acids is 1. The molecule has 14 heteroatoms. The molecule has 1 saturated carbocycles. The van der Waals surface area contributed by atoms with Crippen molar-refractivity contribution in [2.75, 3.05) is 20.7 Å². The average molecular weight is 720 g/mol. The molecule has 1 amide bonds. The Morgan fingerprint density at radius 1 is 1.08 bits per heavy atom. The van der Waals surface area contributed by atoms with E-state index in [1.54, 1.807) is 27.9 Å². The Labute approximate surface area is 291 Å². The number of aromatic nitrogens is 1. The number of likely N-dealkylation sites (N-methyl/N-ethyl adjacent to an activating group) is 1. The molecule has 274 valence electrons. The van der Waals surface area contributed by atoms with Gasteiger partial charge in [0.25, 0.3) is 5.56 Å². The summed E-state index contributed by atoms with van der Waals surface area (Å²) < 4.78 is 95.2. The molecule has 1 aliphatic rings. The Hall–Kier alpha value is -4.77. The number of carboxylic acid groups (broad SMARTS) is 1. The zero-order valence-corrected chi connectivity index (χ0v) is 29.0. The summed E-state index contributed by atoms with van der Waals surface area (Å²) in [5, 5.41) is 12.1. The van der Waals surface area contributed by atoms with Crippen LogP contribution in [0.15, 0.2) is 35.3 Å². The SMILES string of the molecule is C#Cc1cc(-c2c(C)cc(F)cc2C)c(F)c([C@@H](CC(=O)O)NC(=O)[C@H](CC(C)C)n2cc(OCC3(N(C)C)CC3)c(C(F)(F)F)cc2=O)c1F. The Morgan fingerprint density at radius 3 is 2.18 bits per heavy atom. The summed E-state index contributed by atoms with van der Waals surface area (Å²) in [6.07, 6.45) is 1.47. The molecule has 2 atom stereocenters. The van der Waals surface area contributed by atoms with E-state index < -0.39 is 87.5 Å². The number of rotatable bonds is 13. The number of carbonyl (C=O) groups excluding carboxylic acids is 1. The first-order chi connectivity index (χ1) is 23.7. The van der Waals surface area contributed by atoms with E-state index >= 15 is 8.78 Å². The van der Waals surface area contributed by atoms with Crippen LogP contribution in [0.25, 0.3) is 11.1 Å². The number of nitrogens with zero attached hydrogens (tertiary/aromatic N) is 2.